The van der Waals surface area contributed by atoms with E-state index >= 15 is 0 Å². The number of nitrogens with zero attached hydrogens (tertiary/aromatic N) is 2. The second-order valence-electron chi connectivity index (χ2n) is 5.43. The number of nitrogens with one attached hydrogen (secondary N) is 1. The lowest BCUT2D eigenvalue weighted by Gasteiger charge is -2.29. The van der Waals surface area contributed by atoms with Crippen LogP contribution in [-0.4, -0.2) is 15.8 Å². The average molecular weight is 296 g/mol. The van der Waals surface area contributed by atoms with Gasteiger partial charge in [-0.2, -0.15) is 5.10 Å². The molecule has 0 bridgehead atoms. The van der Waals surface area contributed by atoms with Crippen molar-refractivity contribution < 1.29 is 0 Å². The normalized spacial score (nSPS) is 22.5. The highest BCUT2D eigenvalue weighted by Gasteiger charge is 2.21. The molecule has 1 N–H and O–H groups in total. The van der Waals surface area contributed by atoms with E-state index < -0.39 is 0 Å². The maximum Gasteiger partial charge on any atom is 0.287 e. The van der Waals surface area contributed by atoms with Crippen LogP contribution in [0.2, 0.25) is 5.02 Å². The largest absolute Gasteiger partial charge is 0.380 e. The zero-order chi connectivity index (χ0) is 14.5. The van der Waals surface area contributed by atoms with Crippen LogP contribution in [0.3, 0.4) is 0 Å². The Morgan fingerprint density at radius 3 is 3.10 bits per heavy atom. The lowest BCUT2D eigenvalue weighted by molar-refractivity contribution is 0.327. The molecular weight excluding hydrogens is 274 g/mol. The molecule has 1 heterocycles. The lowest BCUT2D eigenvalue weighted by Crippen LogP contribution is -2.29. The SMILES string of the molecule is C=CCn1ncc(NC2CCCC(CC)C2)c(Cl)c1=O. The van der Waals surface area contributed by atoms with E-state index in [0.29, 0.717) is 18.3 Å². The molecule has 1 aliphatic rings. The molecule has 0 aliphatic heterocycles. The quantitative estimate of drug-likeness (QED) is 0.846. The highest BCUT2D eigenvalue weighted by atomic mass is 35.5. The molecule has 1 aliphatic carbocycles. The lowest BCUT2D eigenvalue weighted by atomic mass is 9.84. The fraction of sp³-hybridized carbons (Fsp3) is 0.600. The molecule has 1 aromatic heterocycles. The van der Waals surface area contributed by atoms with Crippen molar-refractivity contribution in [2.75, 3.05) is 5.32 Å². The van der Waals surface area contributed by atoms with E-state index in [4.69, 9.17) is 11.6 Å². The summed E-state index contributed by atoms with van der Waals surface area (Å²) in [5, 5.41) is 7.73. The van der Waals surface area contributed by atoms with Crippen molar-refractivity contribution in [2.24, 2.45) is 5.92 Å². The van der Waals surface area contributed by atoms with Crippen LogP contribution in [0.15, 0.2) is 23.6 Å². The van der Waals surface area contributed by atoms with Crippen LogP contribution in [0.5, 0.6) is 0 Å². The van der Waals surface area contributed by atoms with Crippen molar-refractivity contribution in [3.63, 3.8) is 0 Å². The van der Waals surface area contributed by atoms with Gasteiger partial charge in [0, 0.05) is 6.04 Å². The third kappa shape index (κ3) is 3.42. The van der Waals surface area contributed by atoms with Gasteiger partial charge in [0.2, 0.25) is 0 Å². The van der Waals surface area contributed by atoms with Gasteiger partial charge < -0.3 is 5.32 Å². The highest BCUT2D eigenvalue weighted by Crippen LogP contribution is 2.29. The first-order valence-corrected chi connectivity index (χ1v) is 7.66. The van der Waals surface area contributed by atoms with Gasteiger partial charge in [-0.25, -0.2) is 4.68 Å². The van der Waals surface area contributed by atoms with Crippen molar-refractivity contribution >= 4 is 17.3 Å². The van der Waals surface area contributed by atoms with Crippen LogP contribution in [-0.2, 0) is 6.54 Å². The molecule has 1 fully saturated rings. The fourth-order valence-corrected chi connectivity index (χ4v) is 3.03. The van der Waals surface area contributed by atoms with E-state index in [0.717, 1.165) is 18.8 Å². The zero-order valence-corrected chi connectivity index (χ0v) is 12.7. The number of hydrogen-bond acceptors (Lipinski definition) is 3. The van der Waals surface area contributed by atoms with Gasteiger partial charge in [0.25, 0.3) is 5.56 Å². The molecule has 4 nitrogen and oxygen atoms in total. The average Bonchev–Trinajstić information content (AvgIpc) is 2.47. The molecular formula is C15H22ClN3O. The van der Waals surface area contributed by atoms with Gasteiger partial charge in [0.15, 0.2) is 0 Å². The van der Waals surface area contributed by atoms with E-state index in [2.05, 4.69) is 23.9 Å². The molecule has 20 heavy (non-hydrogen) atoms. The molecule has 0 amide bonds. The number of anilines is 1. The van der Waals surface area contributed by atoms with Gasteiger partial charge in [-0.15, -0.1) is 6.58 Å². The summed E-state index contributed by atoms with van der Waals surface area (Å²) in [5.74, 6) is 0.772. The van der Waals surface area contributed by atoms with Gasteiger partial charge in [0.05, 0.1) is 18.4 Å². The van der Waals surface area contributed by atoms with E-state index in [1.807, 2.05) is 0 Å². The molecule has 1 aromatic rings. The van der Waals surface area contributed by atoms with Crippen LogP contribution < -0.4 is 10.9 Å². The maximum atomic E-state index is 12.0. The molecule has 2 atom stereocenters. The number of halogens is 1. The van der Waals surface area contributed by atoms with Crippen LogP contribution in [0.25, 0.3) is 0 Å². The Bertz CT molecular complexity index is 526. The van der Waals surface area contributed by atoms with E-state index in [9.17, 15) is 4.79 Å². The molecule has 5 heteroatoms. The molecule has 0 aromatic carbocycles. The van der Waals surface area contributed by atoms with Gasteiger partial charge in [-0.05, 0) is 18.8 Å². The second-order valence-corrected chi connectivity index (χ2v) is 5.81. The summed E-state index contributed by atoms with van der Waals surface area (Å²) in [6.07, 6.45) is 9.29. The van der Waals surface area contributed by atoms with E-state index in [1.54, 1.807) is 12.3 Å². The number of rotatable bonds is 5. The van der Waals surface area contributed by atoms with Crippen LogP contribution in [0.1, 0.15) is 39.0 Å². The summed E-state index contributed by atoms with van der Waals surface area (Å²) in [6.45, 7) is 6.21. The first-order valence-electron chi connectivity index (χ1n) is 7.28. The van der Waals surface area contributed by atoms with Crippen molar-refractivity contribution in [2.45, 2.75) is 51.6 Å². The Morgan fingerprint density at radius 2 is 2.40 bits per heavy atom. The van der Waals surface area contributed by atoms with Gasteiger partial charge in [0.1, 0.15) is 5.02 Å². The second kappa shape index (κ2) is 6.93. The molecule has 110 valence electrons. The third-order valence-electron chi connectivity index (χ3n) is 4.01. The smallest absolute Gasteiger partial charge is 0.287 e. The zero-order valence-electron chi connectivity index (χ0n) is 11.9. The predicted molar refractivity (Wildman–Crippen MR) is 83.4 cm³/mol. The topological polar surface area (TPSA) is 46.9 Å². The summed E-state index contributed by atoms with van der Waals surface area (Å²) in [7, 11) is 0. The molecule has 0 spiro atoms. The third-order valence-corrected chi connectivity index (χ3v) is 4.37. The predicted octanol–water partition coefficient (Wildman–Crippen LogP) is 3.46. The van der Waals surface area contributed by atoms with Gasteiger partial charge >= 0.3 is 0 Å². The van der Waals surface area contributed by atoms with Gasteiger partial charge in [-0.3, -0.25) is 4.79 Å². The molecule has 0 radical (unpaired) electrons. The van der Waals surface area contributed by atoms with Gasteiger partial charge in [-0.1, -0.05) is 43.9 Å². The number of hydrogen-bond donors (Lipinski definition) is 1. The summed E-state index contributed by atoms with van der Waals surface area (Å²) in [6, 6.07) is 0.391. The molecule has 2 rings (SSSR count). The van der Waals surface area contributed by atoms with Crippen molar-refractivity contribution in [1.82, 2.24) is 9.78 Å². The molecule has 2 unspecified atom stereocenters. The van der Waals surface area contributed by atoms with Crippen LogP contribution in [0, 0.1) is 5.92 Å². The number of allylic oxidation sites excluding steroid dienone is 1. The Kier molecular flexibility index (Phi) is 5.24. The summed E-state index contributed by atoms with van der Waals surface area (Å²) >= 11 is 6.15. The Labute approximate surface area is 124 Å². The monoisotopic (exact) mass is 295 g/mol. The Hall–Kier alpha value is -1.29. The molecule has 0 saturated heterocycles. The summed E-state index contributed by atoms with van der Waals surface area (Å²) in [4.78, 5) is 12.0. The minimum atomic E-state index is -0.264. The first kappa shape index (κ1) is 15.1. The fourth-order valence-electron chi connectivity index (χ4n) is 2.83. The van der Waals surface area contributed by atoms with Crippen molar-refractivity contribution in [3.05, 3.63) is 34.2 Å². The summed E-state index contributed by atoms with van der Waals surface area (Å²) in [5.41, 5.74) is 0.387. The van der Waals surface area contributed by atoms with Crippen LogP contribution in [0.4, 0.5) is 5.69 Å². The van der Waals surface area contributed by atoms with Crippen molar-refractivity contribution in [1.29, 1.82) is 0 Å². The Balaban J connectivity index is 2.11. The Morgan fingerprint density at radius 1 is 1.60 bits per heavy atom. The minimum absolute atomic E-state index is 0.223. The van der Waals surface area contributed by atoms with E-state index in [1.165, 1.54) is 23.9 Å². The number of aromatic nitrogens is 2. The van der Waals surface area contributed by atoms with Crippen molar-refractivity contribution in [3.8, 4) is 0 Å². The van der Waals surface area contributed by atoms with E-state index in [-0.39, 0.29) is 10.6 Å². The standard InChI is InChI=1S/C15H22ClN3O/c1-3-8-19-15(20)14(16)13(10-17-19)18-12-7-5-6-11(4-2)9-12/h3,10-12,18H,1,4-9H2,2H3. The van der Waals surface area contributed by atoms with Crippen LogP contribution >= 0.6 is 11.6 Å². The first-order chi connectivity index (χ1) is 9.65. The highest BCUT2D eigenvalue weighted by molar-refractivity contribution is 6.32. The minimum Gasteiger partial charge on any atom is -0.380 e. The maximum absolute atomic E-state index is 12.0. The summed E-state index contributed by atoms with van der Waals surface area (Å²) < 4.78 is 1.32. The molecule has 1 saturated carbocycles.